The molecule has 0 aliphatic rings. The number of aromatic nitrogens is 5. The van der Waals surface area contributed by atoms with Gasteiger partial charge >= 0.3 is 0 Å². The van der Waals surface area contributed by atoms with Crippen LogP contribution in [0.15, 0.2) is 66.4 Å². The van der Waals surface area contributed by atoms with E-state index in [1.807, 2.05) is 41.8 Å². The van der Waals surface area contributed by atoms with Gasteiger partial charge in [0.1, 0.15) is 17.9 Å². The van der Waals surface area contributed by atoms with Crippen molar-refractivity contribution in [3.05, 3.63) is 77.2 Å². The maximum Gasteiger partial charge on any atom is 0.188 e. The van der Waals surface area contributed by atoms with Crippen molar-refractivity contribution >= 4 is 44.8 Å². The van der Waals surface area contributed by atoms with Gasteiger partial charge in [-0.2, -0.15) is 5.10 Å². The molecular weight excluding hydrogens is 420 g/mol. The Kier molecular flexibility index (Phi) is 5.00. The second-order valence-corrected chi connectivity index (χ2v) is 7.68. The van der Waals surface area contributed by atoms with Crippen molar-refractivity contribution in [2.45, 2.75) is 6.61 Å². The lowest BCUT2D eigenvalue weighted by Gasteiger charge is -2.10. The first-order chi connectivity index (χ1) is 14.8. The van der Waals surface area contributed by atoms with E-state index in [-0.39, 0.29) is 0 Å². The van der Waals surface area contributed by atoms with Crippen LogP contribution in [0.2, 0.25) is 5.02 Å². The molecule has 0 bridgehead atoms. The number of hydrogen-bond acceptors (Lipinski definition) is 7. The predicted octanol–water partition coefficient (Wildman–Crippen LogP) is 5.45. The van der Waals surface area contributed by atoms with Gasteiger partial charge < -0.3 is 10.1 Å². The summed E-state index contributed by atoms with van der Waals surface area (Å²) in [6.07, 6.45) is 5.19. The van der Waals surface area contributed by atoms with E-state index in [9.17, 15) is 0 Å². The van der Waals surface area contributed by atoms with Crippen LogP contribution in [0.25, 0.3) is 22.2 Å². The fourth-order valence-electron chi connectivity index (χ4n) is 3.06. The van der Waals surface area contributed by atoms with Crippen LogP contribution < -0.4 is 10.1 Å². The maximum absolute atomic E-state index is 6.40. The minimum Gasteiger partial charge on any atom is -0.485 e. The fraction of sp³-hybridized carbons (Fsp3) is 0.0476. The molecule has 0 saturated carbocycles. The molecule has 0 aliphatic carbocycles. The van der Waals surface area contributed by atoms with Crippen LogP contribution in [0.1, 0.15) is 5.69 Å². The van der Waals surface area contributed by atoms with Gasteiger partial charge in [-0.05, 0) is 36.4 Å². The number of nitrogens with one attached hydrogen (secondary N) is 2. The lowest BCUT2D eigenvalue weighted by atomic mass is 10.1. The summed E-state index contributed by atoms with van der Waals surface area (Å²) in [6, 6.07) is 13.2. The van der Waals surface area contributed by atoms with E-state index < -0.39 is 0 Å². The zero-order chi connectivity index (χ0) is 20.3. The van der Waals surface area contributed by atoms with Gasteiger partial charge in [0.15, 0.2) is 10.9 Å². The SMILES string of the molecule is Clc1cccnc1-c1cc(OCc2ccccn2)c2[nH]nc(Nc3nccs3)c2c1. The number of pyridine rings is 2. The quantitative estimate of drug-likeness (QED) is 0.369. The molecule has 4 aromatic heterocycles. The molecule has 1 aromatic carbocycles. The second kappa shape index (κ2) is 8.10. The van der Waals surface area contributed by atoms with Gasteiger partial charge in [-0.3, -0.25) is 15.1 Å². The number of thiazole rings is 1. The first-order valence-corrected chi connectivity index (χ1v) is 10.4. The number of ether oxygens (including phenoxy) is 1. The highest BCUT2D eigenvalue weighted by atomic mass is 35.5. The first kappa shape index (κ1) is 18.5. The maximum atomic E-state index is 6.40. The molecule has 9 heteroatoms. The Morgan fingerprint density at radius 3 is 2.77 bits per heavy atom. The summed E-state index contributed by atoms with van der Waals surface area (Å²) >= 11 is 7.90. The summed E-state index contributed by atoms with van der Waals surface area (Å²) in [5.41, 5.74) is 3.09. The molecule has 0 spiro atoms. The van der Waals surface area contributed by atoms with Crippen molar-refractivity contribution in [2.75, 3.05) is 5.32 Å². The van der Waals surface area contributed by atoms with Gasteiger partial charge in [0.2, 0.25) is 0 Å². The molecule has 0 fully saturated rings. The van der Waals surface area contributed by atoms with Crippen molar-refractivity contribution in [3.8, 4) is 17.0 Å². The van der Waals surface area contributed by atoms with Crippen molar-refractivity contribution in [3.63, 3.8) is 0 Å². The standard InChI is InChI=1S/C21H15ClN6OS/c22-16-5-3-7-24-18(16)13-10-15-19(27-28-20(15)26-21-25-8-9-30-21)17(11-13)29-12-14-4-1-2-6-23-14/h1-11H,12H2,(H2,25,26,27,28). The van der Waals surface area contributed by atoms with Crippen molar-refractivity contribution in [1.29, 1.82) is 0 Å². The number of hydrogen-bond donors (Lipinski definition) is 2. The van der Waals surface area contributed by atoms with E-state index in [2.05, 4.69) is 30.5 Å². The average molecular weight is 435 g/mol. The van der Waals surface area contributed by atoms with Crippen molar-refractivity contribution in [1.82, 2.24) is 25.1 Å². The summed E-state index contributed by atoms with van der Waals surface area (Å²) < 4.78 is 6.11. The van der Waals surface area contributed by atoms with Crippen LogP contribution in [0.5, 0.6) is 5.75 Å². The van der Waals surface area contributed by atoms with E-state index in [0.717, 1.165) is 27.3 Å². The largest absolute Gasteiger partial charge is 0.485 e. The number of H-pyrrole nitrogens is 1. The van der Waals surface area contributed by atoms with Gasteiger partial charge in [-0.25, -0.2) is 4.98 Å². The summed E-state index contributed by atoms with van der Waals surface area (Å²) in [5.74, 6) is 1.28. The minimum absolute atomic E-state index is 0.323. The molecule has 0 saturated heterocycles. The molecule has 5 aromatic rings. The third kappa shape index (κ3) is 3.70. The van der Waals surface area contributed by atoms with Crippen LogP contribution in [-0.2, 0) is 6.61 Å². The zero-order valence-electron chi connectivity index (χ0n) is 15.5. The highest BCUT2D eigenvalue weighted by Gasteiger charge is 2.16. The molecule has 148 valence electrons. The zero-order valence-corrected chi connectivity index (χ0v) is 17.1. The van der Waals surface area contributed by atoms with Crippen LogP contribution in [-0.4, -0.2) is 25.1 Å². The van der Waals surface area contributed by atoms with E-state index in [0.29, 0.717) is 28.9 Å². The Balaban J connectivity index is 1.60. The number of rotatable bonds is 6. The normalized spacial score (nSPS) is 11.0. The lowest BCUT2D eigenvalue weighted by molar-refractivity contribution is 0.304. The highest BCUT2D eigenvalue weighted by Crippen LogP contribution is 2.37. The molecule has 7 nitrogen and oxygen atoms in total. The Hall–Kier alpha value is -3.49. The third-order valence-electron chi connectivity index (χ3n) is 4.43. The van der Waals surface area contributed by atoms with E-state index >= 15 is 0 Å². The predicted molar refractivity (Wildman–Crippen MR) is 118 cm³/mol. The van der Waals surface area contributed by atoms with E-state index in [1.54, 1.807) is 24.7 Å². The van der Waals surface area contributed by atoms with Crippen LogP contribution in [0, 0.1) is 0 Å². The Morgan fingerprint density at radius 2 is 1.97 bits per heavy atom. The fourth-order valence-corrected chi connectivity index (χ4v) is 3.81. The lowest BCUT2D eigenvalue weighted by Crippen LogP contribution is -1.99. The number of anilines is 2. The van der Waals surface area contributed by atoms with Crippen molar-refractivity contribution in [2.24, 2.45) is 0 Å². The van der Waals surface area contributed by atoms with Gasteiger partial charge in [-0.1, -0.05) is 17.7 Å². The first-order valence-electron chi connectivity index (χ1n) is 9.10. The molecular formula is C21H15ClN6OS. The Labute approximate surface area is 180 Å². The summed E-state index contributed by atoms with van der Waals surface area (Å²) in [6.45, 7) is 0.323. The number of halogens is 1. The summed E-state index contributed by atoms with van der Waals surface area (Å²) in [7, 11) is 0. The molecule has 4 heterocycles. The molecule has 0 aliphatic heterocycles. The molecule has 0 radical (unpaired) electrons. The second-order valence-electron chi connectivity index (χ2n) is 6.37. The molecule has 0 amide bonds. The summed E-state index contributed by atoms with van der Waals surface area (Å²) in [5, 5.41) is 14.8. The van der Waals surface area contributed by atoms with Crippen LogP contribution in [0.3, 0.4) is 0 Å². The molecule has 30 heavy (non-hydrogen) atoms. The summed E-state index contributed by atoms with van der Waals surface area (Å²) in [4.78, 5) is 13.0. The minimum atomic E-state index is 0.323. The van der Waals surface area contributed by atoms with E-state index in [4.69, 9.17) is 16.3 Å². The molecule has 0 atom stereocenters. The topological polar surface area (TPSA) is 88.6 Å². The Morgan fingerprint density at radius 1 is 1.03 bits per heavy atom. The molecule has 2 N–H and O–H groups in total. The van der Waals surface area contributed by atoms with Crippen LogP contribution in [0.4, 0.5) is 10.9 Å². The molecule has 5 rings (SSSR count). The smallest absolute Gasteiger partial charge is 0.188 e. The molecule has 0 unspecified atom stereocenters. The number of fused-ring (bicyclic) bond motifs is 1. The van der Waals surface area contributed by atoms with Crippen LogP contribution >= 0.6 is 22.9 Å². The number of nitrogens with zero attached hydrogens (tertiary/aromatic N) is 4. The van der Waals surface area contributed by atoms with Crippen molar-refractivity contribution < 1.29 is 4.74 Å². The number of aromatic amines is 1. The van der Waals surface area contributed by atoms with Gasteiger partial charge in [0.05, 0.1) is 16.4 Å². The third-order valence-corrected chi connectivity index (χ3v) is 5.42. The van der Waals surface area contributed by atoms with Gasteiger partial charge in [0.25, 0.3) is 0 Å². The van der Waals surface area contributed by atoms with E-state index in [1.165, 1.54) is 11.3 Å². The van der Waals surface area contributed by atoms with Gasteiger partial charge in [-0.15, -0.1) is 11.3 Å². The van der Waals surface area contributed by atoms with Gasteiger partial charge in [0, 0.05) is 34.9 Å². The average Bonchev–Trinajstić information content (AvgIpc) is 3.44. The Bertz CT molecular complexity index is 1290. The monoisotopic (exact) mass is 434 g/mol. The number of benzene rings is 1. The highest BCUT2D eigenvalue weighted by molar-refractivity contribution is 7.13.